The van der Waals surface area contributed by atoms with Crippen molar-refractivity contribution < 1.29 is 28.7 Å². The van der Waals surface area contributed by atoms with Gasteiger partial charge in [0.15, 0.2) is 0 Å². The molecule has 2 unspecified atom stereocenters. The van der Waals surface area contributed by atoms with Crippen molar-refractivity contribution in [1.82, 2.24) is 0 Å². The molecule has 0 saturated heterocycles. The molecule has 0 aromatic heterocycles. The molecule has 0 radical (unpaired) electrons. The number of benzene rings is 2. The van der Waals surface area contributed by atoms with Crippen LogP contribution in [0.15, 0.2) is 84.5 Å². The maximum absolute atomic E-state index is 12.7. The quantitative estimate of drug-likeness (QED) is 0.169. The fourth-order valence-electron chi connectivity index (χ4n) is 2.85. The number of hydrogen-bond donors (Lipinski definition) is 0. The normalized spacial score (nSPS) is 18.2. The Morgan fingerprint density at radius 1 is 1.00 bits per heavy atom. The predicted molar refractivity (Wildman–Crippen MR) is 118 cm³/mol. The predicted octanol–water partition coefficient (Wildman–Crippen LogP) is 4.71. The first-order valence-electron chi connectivity index (χ1n) is 9.68. The molecule has 0 N–H and O–H groups in total. The van der Waals surface area contributed by atoms with E-state index in [-0.39, 0.29) is 25.2 Å². The Bertz CT molecular complexity index is 1020. The molecule has 166 valence electrons. The minimum atomic E-state index is -1.48. The number of alkyl halides is 1. The zero-order valence-corrected chi connectivity index (χ0v) is 18.5. The van der Waals surface area contributed by atoms with Crippen LogP contribution < -0.4 is 0 Å². The van der Waals surface area contributed by atoms with E-state index in [1.54, 1.807) is 48.5 Å². The van der Waals surface area contributed by atoms with Crippen molar-refractivity contribution in [3.63, 3.8) is 0 Å². The van der Waals surface area contributed by atoms with E-state index < -0.39 is 27.6 Å². The van der Waals surface area contributed by atoms with Crippen molar-refractivity contribution in [3.8, 4) is 0 Å². The van der Waals surface area contributed by atoms with Gasteiger partial charge in [-0.25, -0.2) is 9.59 Å². The van der Waals surface area contributed by atoms with E-state index >= 15 is 0 Å². The van der Waals surface area contributed by atoms with Crippen LogP contribution in [0.5, 0.6) is 0 Å². The van der Waals surface area contributed by atoms with Crippen molar-refractivity contribution in [2.75, 3.05) is 0 Å². The van der Waals surface area contributed by atoms with Gasteiger partial charge in [-0.3, -0.25) is 10.1 Å². The van der Waals surface area contributed by atoms with Crippen LogP contribution in [0, 0.1) is 10.1 Å². The third-order valence-electron chi connectivity index (χ3n) is 4.61. The maximum atomic E-state index is 12.7. The third kappa shape index (κ3) is 6.27. The highest BCUT2D eigenvalue weighted by Crippen LogP contribution is 2.32. The van der Waals surface area contributed by atoms with E-state index in [4.69, 9.17) is 14.2 Å². The van der Waals surface area contributed by atoms with Crippen LogP contribution in [-0.4, -0.2) is 27.6 Å². The second kappa shape index (κ2) is 10.7. The largest absolute Gasteiger partial charge is 0.509 e. The Balaban J connectivity index is 1.69. The SMILES string of the molecule is O=C(OCc1ccccc1)OC(C(=O)OCc1ccccc1)C1=CCC(Br)([N+](=O)[O-])C=C1. The molecule has 1 aliphatic carbocycles. The monoisotopic (exact) mass is 501 g/mol. The summed E-state index contributed by atoms with van der Waals surface area (Å²) in [7, 11) is 0. The highest BCUT2D eigenvalue weighted by atomic mass is 79.9. The number of rotatable bonds is 8. The summed E-state index contributed by atoms with van der Waals surface area (Å²) in [6.07, 6.45) is 1.57. The molecule has 0 saturated carbocycles. The molecule has 0 amide bonds. The molecule has 8 nitrogen and oxygen atoms in total. The lowest BCUT2D eigenvalue weighted by molar-refractivity contribution is -0.521. The van der Waals surface area contributed by atoms with Gasteiger partial charge < -0.3 is 14.2 Å². The van der Waals surface area contributed by atoms with Crippen LogP contribution in [-0.2, 0) is 32.2 Å². The highest BCUT2D eigenvalue weighted by Gasteiger charge is 2.40. The molecular formula is C23H20BrNO7. The topological polar surface area (TPSA) is 105 Å². The second-order valence-electron chi connectivity index (χ2n) is 6.93. The molecule has 0 heterocycles. The molecule has 2 aromatic rings. The van der Waals surface area contributed by atoms with E-state index in [0.717, 1.165) is 11.1 Å². The lowest BCUT2D eigenvalue weighted by atomic mass is 9.99. The van der Waals surface area contributed by atoms with Crippen molar-refractivity contribution in [2.24, 2.45) is 0 Å². The fraction of sp³-hybridized carbons (Fsp3) is 0.217. The number of carbonyl (C=O) groups is 2. The van der Waals surface area contributed by atoms with Gasteiger partial charge in [-0.05, 0) is 11.1 Å². The lowest BCUT2D eigenvalue weighted by Crippen LogP contribution is -2.34. The standard InChI is InChI=1S/C23H20BrNO7/c24-23(25(28)29)13-11-19(12-14-23)20(21(26)30-15-17-7-3-1-4-8-17)32-22(27)31-16-18-9-5-2-6-10-18/h1-13,20H,14-16H2. The zero-order valence-electron chi connectivity index (χ0n) is 16.9. The Morgan fingerprint density at radius 3 is 2.06 bits per heavy atom. The van der Waals surface area contributed by atoms with Gasteiger partial charge in [-0.1, -0.05) is 72.8 Å². The molecule has 9 heteroatoms. The Kier molecular flexibility index (Phi) is 7.77. The molecule has 1 aliphatic rings. The molecule has 0 bridgehead atoms. The van der Waals surface area contributed by atoms with Crippen molar-refractivity contribution in [1.29, 1.82) is 0 Å². The molecule has 2 aromatic carbocycles. The molecule has 0 aliphatic heterocycles. The number of carbonyl (C=O) groups excluding carboxylic acids is 2. The Labute approximate surface area is 192 Å². The number of nitro groups is 1. The van der Waals surface area contributed by atoms with Gasteiger partial charge >= 0.3 is 12.1 Å². The summed E-state index contributed by atoms with van der Waals surface area (Å²) < 4.78 is 14.2. The number of hydrogen-bond acceptors (Lipinski definition) is 7. The van der Waals surface area contributed by atoms with Crippen LogP contribution in [0.3, 0.4) is 0 Å². The third-order valence-corrected chi connectivity index (χ3v) is 5.49. The van der Waals surface area contributed by atoms with E-state index in [1.165, 1.54) is 18.2 Å². The zero-order chi connectivity index (χ0) is 23.0. The number of nitrogens with zero attached hydrogens (tertiary/aromatic N) is 1. The summed E-state index contributed by atoms with van der Waals surface area (Å²) in [6, 6.07) is 18.0. The first kappa shape index (κ1) is 23.2. The summed E-state index contributed by atoms with van der Waals surface area (Å²) in [4.78, 5) is 35.7. The van der Waals surface area contributed by atoms with Crippen molar-refractivity contribution >= 4 is 28.1 Å². The summed E-state index contributed by atoms with van der Waals surface area (Å²) >= 11 is 3.06. The Morgan fingerprint density at radius 2 is 1.56 bits per heavy atom. The average molecular weight is 502 g/mol. The van der Waals surface area contributed by atoms with Gasteiger partial charge in [0.25, 0.3) is 4.45 Å². The second-order valence-corrected chi connectivity index (χ2v) is 8.31. The molecule has 32 heavy (non-hydrogen) atoms. The minimum Gasteiger partial charge on any atom is -0.458 e. The van der Waals surface area contributed by atoms with Crippen molar-refractivity contribution in [2.45, 2.75) is 30.2 Å². The summed E-state index contributed by atoms with van der Waals surface area (Å²) in [6.45, 7) is -0.0565. The van der Waals surface area contributed by atoms with Gasteiger partial charge in [0.1, 0.15) is 13.2 Å². The van der Waals surface area contributed by atoms with Gasteiger partial charge in [0.2, 0.25) is 6.10 Å². The number of esters is 1. The van der Waals surface area contributed by atoms with E-state index in [9.17, 15) is 19.7 Å². The summed E-state index contributed by atoms with van der Waals surface area (Å²) in [5, 5.41) is 11.2. The van der Waals surface area contributed by atoms with Crippen LogP contribution in [0.1, 0.15) is 17.5 Å². The number of halogens is 1. The average Bonchev–Trinajstić information content (AvgIpc) is 2.81. The molecule has 0 spiro atoms. The fourth-order valence-corrected chi connectivity index (χ4v) is 3.15. The maximum Gasteiger partial charge on any atom is 0.509 e. The van der Waals surface area contributed by atoms with Crippen LogP contribution in [0.2, 0.25) is 0 Å². The molecular weight excluding hydrogens is 482 g/mol. The highest BCUT2D eigenvalue weighted by molar-refractivity contribution is 9.10. The molecule has 0 fully saturated rings. The lowest BCUT2D eigenvalue weighted by Gasteiger charge is -2.22. The van der Waals surface area contributed by atoms with Crippen molar-refractivity contribution in [3.05, 3.63) is 106 Å². The van der Waals surface area contributed by atoms with Crippen LogP contribution >= 0.6 is 15.9 Å². The van der Waals surface area contributed by atoms with Crippen LogP contribution in [0.25, 0.3) is 0 Å². The van der Waals surface area contributed by atoms with E-state index in [1.807, 2.05) is 12.1 Å². The van der Waals surface area contributed by atoms with E-state index in [0.29, 0.717) is 0 Å². The van der Waals surface area contributed by atoms with Crippen LogP contribution in [0.4, 0.5) is 4.79 Å². The Hall–Kier alpha value is -3.46. The van der Waals surface area contributed by atoms with Gasteiger partial charge in [0, 0.05) is 32.5 Å². The number of ether oxygens (including phenoxy) is 3. The van der Waals surface area contributed by atoms with E-state index in [2.05, 4.69) is 15.9 Å². The summed E-state index contributed by atoms with van der Waals surface area (Å²) in [5.74, 6) is -0.815. The molecule has 3 rings (SSSR count). The first-order valence-corrected chi connectivity index (χ1v) is 10.5. The van der Waals surface area contributed by atoms with Gasteiger partial charge in [0.05, 0.1) is 6.42 Å². The van der Waals surface area contributed by atoms with Gasteiger partial charge in [-0.2, -0.15) is 0 Å². The smallest absolute Gasteiger partial charge is 0.458 e. The van der Waals surface area contributed by atoms with Gasteiger partial charge in [-0.15, -0.1) is 0 Å². The summed E-state index contributed by atoms with van der Waals surface area (Å²) in [5.41, 5.74) is 1.77. The minimum absolute atomic E-state index is 0.0210. The molecule has 2 atom stereocenters. The first-order chi connectivity index (χ1) is 15.4.